The number of hydrogen-bond donors (Lipinski definition) is 1. The fraction of sp³-hybridized carbons (Fsp3) is 0.143. The number of alkyl halides is 3. The number of hydrogen-bond acceptors (Lipinski definition) is 2. The number of aryl methyl sites for hydroxylation is 1. The van der Waals surface area contributed by atoms with Crippen molar-refractivity contribution in [3.63, 3.8) is 0 Å². The van der Waals surface area contributed by atoms with Gasteiger partial charge in [0, 0.05) is 11.8 Å². The highest BCUT2D eigenvalue weighted by Gasteiger charge is 2.34. The van der Waals surface area contributed by atoms with Crippen LogP contribution in [0.25, 0.3) is 0 Å². The molecule has 0 radical (unpaired) electrons. The largest absolute Gasteiger partial charge is 0.457 e. The summed E-state index contributed by atoms with van der Waals surface area (Å²) < 4.78 is 56.2. The molecule has 0 bridgehead atoms. The molecule has 0 aromatic heterocycles. The van der Waals surface area contributed by atoms with Crippen molar-refractivity contribution >= 4 is 5.69 Å². The highest BCUT2D eigenvalue weighted by molar-refractivity contribution is 5.48. The zero-order valence-corrected chi connectivity index (χ0v) is 10.5. The van der Waals surface area contributed by atoms with E-state index < -0.39 is 17.6 Å². The molecule has 106 valence electrons. The van der Waals surface area contributed by atoms with Gasteiger partial charge < -0.3 is 10.5 Å². The molecule has 20 heavy (non-hydrogen) atoms. The van der Waals surface area contributed by atoms with Crippen LogP contribution in [0, 0.1) is 12.7 Å². The van der Waals surface area contributed by atoms with Crippen molar-refractivity contribution < 1.29 is 22.3 Å². The van der Waals surface area contributed by atoms with Gasteiger partial charge in [-0.25, -0.2) is 4.39 Å². The van der Waals surface area contributed by atoms with E-state index in [9.17, 15) is 17.6 Å². The van der Waals surface area contributed by atoms with Crippen molar-refractivity contribution in [2.45, 2.75) is 13.1 Å². The molecular weight excluding hydrogens is 274 g/mol. The average Bonchev–Trinajstić information content (AvgIpc) is 2.29. The maximum Gasteiger partial charge on any atom is 0.419 e. The van der Waals surface area contributed by atoms with Crippen LogP contribution in [0.5, 0.6) is 11.5 Å². The first kappa shape index (κ1) is 14.2. The summed E-state index contributed by atoms with van der Waals surface area (Å²) in [6.07, 6.45) is -4.77. The van der Waals surface area contributed by atoms with Crippen molar-refractivity contribution in [1.29, 1.82) is 0 Å². The fourth-order valence-electron chi connectivity index (χ4n) is 1.76. The van der Waals surface area contributed by atoms with Crippen molar-refractivity contribution in [3.05, 3.63) is 53.3 Å². The molecule has 0 atom stereocenters. The van der Waals surface area contributed by atoms with Crippen LogP contribution in [0.1, 0.15) is 11.1 Å². The summed E-state index contributed by atoms with van der Waals surface area (Å²) in [5.41, 5.74) is 5.48. The summed E-state index contributed by atoms with van der Waals surface area (Å²) in [6.45, 7) is 1.77. The molecule has 0 spiro atoms. The smallest absolute Gasteiger partial charge is 0.419 e. The number of nitrogens with two attached hydrogens (primary N) is 1. The summed E-state index contributed by atoms with van der Waals surface area (Å²) in [7, 11) is 0. The number of benzene rings is 2. The van der Waals surface area contributed by atoms with Crippen LogP contribution in [-0.4, -0.2) is 0 Å². The molecule has 0 fully saturated rings. The van der Waals surface area contributed by atoms with Crippen LogP contribution in [0.2, 0.25) is 0 Å². The molecule has 0 amide bonds. The lowest BCUT2D eigenvalue weighted by Crippen LogP contribution is -2.08. The van der Waals surface area contributed by atoms with E-state index in [0.717, 1.165) is 17.7 Å². The predicted octanol–water partition coefficient (Wildman–Crippen LogP) is 4.53. The Bertz CT molecular complexity index is 617. The third-order valence-electron chi connectivity index (χ3n) is 2.55. The molecule has 0 saturated carbocycles. The molecule has 2 aromatic carbocycles. The van der Waals surface area contributed by atoms with E-state index in [1.807, 2.05) is 0 Å². The minimum Gasteiger partial charge on any atom is -0.457 e. The first-order valence-electron chi connectivity index (χ1n) is 5.67. The van der Waals surface area contributed by atoms with E-state index in [1.54, 1.807) is 19.1 Å². The predicted molar refractivity (Wildman–Crippen MR) is 67.1 cm³/mol. The van der Waals surface area contributed by atoms with Crippen molar-refractivity contribution in [3.8, 4) is 11.5 Å². The van der Waals surface area contributed by atoms with Crippen LogP contribution in [-0.2, 0) is 6.18 Å². The molecule has 2 nitrogen and oxygen atoms in total. The van der Waals surface area contributed by atoms with Crippen LogP contribution in [0.4, 0.5) is 23.2 Å². The molecule has 6 heteroatoms. The molecular formula is C14H11F4NO. The zero-order chi connectivity index (χ0) is 14.9. The zero-order valence-electron chi connectivity index (χ0n) is 10.5. The SMILES string of the molecule is Cc1cc(N)cc(Oc2ccc(F)c(C(F)(F)F)c2)c1. The first-order chi connectivity index (χ1) is 9.25. The molecule has 0 heterocycles. The van der Waals surface area contributed by atoms with Gasteiger partial charge in [0.25, 0.3) is 0 Å². The second-order valence-corrected chi connectivity index (χ2v) is 4.32. The van der Waals surface area contributed by atoms with Gasteiger partial charge in [0.05, 0.1) is 5.56 Å². The third-order valence-corrected chi connectivity index (χ3v) is 2.55. The Morgan fingerprint density at radius 3 is 2.30 bits per heavy atom. The molecule has 2 rings (SSSR count). The van der Waals surface area contributed by atoms with Gasteiger partial charge in [-0.15, -0.1) is 0 Å². The van der Waals surface area contributed by atoms with Gasteiger partial charge in [-0.05, 0) is 42.8 Å². The van der Waals surface area contributed by atoms with Gasteiger partial charge in [0.2, 0.25) is 0 Å². The van der Waals surface area contributed by atoms with E-state index >= 15 is 0 Å². The highest BCUT2D eigenvalue weighted by atomic mass is 19.4. The fourth-order valence-corrected chi connectivity index (χ4v) is 1.76. The molecule has 0 aliphatic rings. The Morgan fingerprint density at radius 2 is 1.70 bits per heavy atom. The van der Waals surface area contributed by atoms with Crippen LogP contribution in [0.15, 0.2) is 36.4 Å². The topological polar surface area (TPSA) is 35.2 Å². The maximum absolute atomic E-state index is 13.1. The molecule has 0 saturated heterocycles. The Morgan fingerprint density at radius 1 is 1.00 bits per heavy atom. The van der Waals surface area contributed by atoms with Gasteiger partial charge in [0.1, 0.15) is 17.3 Å². The average molecular weight is 285 g/mol. The Balaban J connectivity index is 2.35. The molecule has 0 aliphatic carbocycles. The van der Waals surface area contributed by atoms with Crippen LogP contribution < -0.4 is 10.5 Å². The number of ether oxygens (including phenoxy) is 1. The quantitative estimate of drug-likeness (QED) is 0.650. The standard InChI is InChI=1S/C14H11F4NO/c1-8-4-9(19)6-11(5-8)20-10-2-3-13(15)12(7-10)14(16,17)18/h2-7H,19H2,1H3. The summed E-state index contributed by atoms with van der Waals surface area (Å²) in [5.74, 6) is -1.15. The van der Waals surface area contributed by atoms with Crippen LogP contribution >= 0.6 is 0 Å². The van der Waals surface area contributed by atoms with E-state index in [4.69, 9.17) is 10.5 Å². The molecule has 2 aromatic rings. The second-order valence-electron chi connectivity index (χ2n) is 4.32. The van der Waals surface area contributed by atoms with Crippen molar-refractivity contribution in [1.82, 2.24) is 0 Å². The normalized spacial score (nSPS) is 11.4. The maximum atomic E-state index is 13.1. The molecule has 2 N–H and O–H groups in total. The summed E-state index contributed by atoms with van der Waals surface area (Å²) in [6, 6.07) is 7.25. The van der Waals surface area contributed by atoms with Crippen LogP contribution in [0.3, 0.4) is 0 Å². The highest BCUT2D eigenvalue weighted by Crippen LogP contribution is 2.35. The number of halogens is 4. The molecule has 0 unspecified atom stereocenters. The van der Waals surface area contributed by atoms with Gasteiger partial charge in [-0.2, -0.15) is 13.2 Å². The third kappa shape index (κ3) is 3.20. The van der Waals surface area contributed by atoms with Gasteiger partial charge in [-0.3, -0.25) is 0 Å². The van der Waals surface area contributed by atoms with Gasteiger partial charge in [-0.1, -0.05) is 0 Å². The Hall–Kier alpha value is -2.24. The lowest BCUT2D eigenvalue weighted by molar-refractivity contribution is -0.140. The Kier molecular flexibility index (Phi) is 3.57. The summed E-state index contributed by atoms with van der Waals surface area (Å²) in [5, 5.41) is 0. The molecule has 0 aliphatic heterocycles. The van der Waals surface area contributed by atoms with Crippen molar-refractivity contribution in [2.24, 2.45) is 0 Å². The monoisotopic (exact) mass is 285 g/mol. The summed E-state index contributed by atoms with van der Waals surface area (Å²) in [4.78, 5) is 0. The number of nitrogen functional groups attached to an aromatic ring is 1. The van der Waals surface area contributed by atoms with Gasteiger partial charge in [0.15, 0.2) is 0 Å². The van der Waals surface area contributed by atoms with E-state index in [1.165, 1.54) is 6.07 Å². The van der Waals surface area contributed by atoms with E-state index in [0.29, 0.717) is 17.5 Å². The van der Waals surface area contributed by atoms with Gasteiger partial charge >= 0.3 is 6.18 Å². The lowest BCUT2D eigenvalue weighted by atomic mass is 10.2. The van der Waals surface area contributed by atoms with Crippen molar-refractivity contribution in [2.75, 3.05) is 5.73 Å². The second kappa shape index (κ2) is 5.03. The lowest BCUT2D eigenvalue weighted by Gasteiger charge is -2.11. The van der Waals surface area contributed by atoms with E-state index in [-0.39, 0.29) is 5.75 Å². The summed E-state index contributed by atoms with van der Waals surface area (Å²) >= 11 is 0. The minimum atomic E-state index is -4.77. The first-order valence-corrected chi connectivity index (χ1v) is 5.67. The number of rotatable bonds is 2. The Labute approximate surface area is 112 Å². The van der Waals surface area contributed by atoms with E-state index in [2.05, 4.69) is 0 Å². The minimum absolute atomic E-state index is 0.108. The number of anilines is 1.